The van der Waals surface area contributed by atoms with Crippen LogP contribution in [0.4, 0.5) is 0 Å². The number of amides is 1. The molecule has 0 rings (SSSR count). The number of rotatable bonds is 41. The van der Waals surface area contributed by atoms with E-state index in [9.17, 15) is 19.8 Å². The smallest absolute Gasteiger partial charge is 0.305 e. The van der Waals surface area contributed by atoms with Crippen LogP contribution in [0.15, 0.2) is 36.5 Å². The van der Waals surface area contributed by atoms with Crippen molar-refractivity contribution in [3.05, 3.63) is 36.5 Å². The molecule has 0 aromatic carbocycles. The summed E-state index contributed by atoms with van der Waals surface area (Å²) in [7, 11) is 0. The van der Waals surface area contributed by atoms with Gasteiger partial charge in [-0.05, 0) is 57.8 Å². The molecule has 0 heterocycles. The van der Waals surface area contributed by atoms with E-state index >= 15 is 0 Å². The number of hydrogen-bond acceptors (Lipinski definition) is 5. The van der Waals surface area contributed by atoms with Crippen LogP contribution in [0.3, 0.4) is 0 Å². The van der Waals surface area contributed by atoms with Crippen molar-refractivity contribution in [1.29, 1.82) is 0 Å². The van der Waals surface area contributed by atoms with E-state index in [0.29, 0.717) is 19.4 Å². The second kappa shape index (κ2) is 42.8. The summed E-state index contributed by atoms with van der Waals surface area (Å²) in [6.45, 7) is 4.78. The number of ether oxygens (including phenoxy) is 1. The minimum atomic E-state index is -0.853. The summed E-state index contributed by atoms with van der Waals surface area (Å²) in [6.07, 6.45) is 49.8. The van der Waals surface area contributed by atoms with Crippen LogP contribution in [-0.2, 0) is 14.3 Å². The van der Waals surface area contributed by atoms with Crippen molar-refractivity contribution in [2.24, 2.45) is 0 Å². The second-order valence-corrected chi connectivity index (χ2v) is 15.4. The summed E-state index contributed by atoms with van der Waals surface area (Å²) in [6, 6.07) is -0.638. The summed E-state index contributed by atoms with van der Waals surface area (Å²) in [5.41, 5.74) is 0. The molecule has 0 saturated carbocycles. The molecule has 6 nitrogen and oxygen atoms in total. The van der Waals surface area contributed by atoms with Crippen molar-refractivity contribution < 1.29 is 24.5 Å². The van der Waals surface area contributed by atoms with Gasteiger partial charge in [0.15, 0.2) is 0 Å². The molecule has 0 bridgehead atoms. The van der Waals surface area contributed by atoms with Crippen LogP contribution in [0.2, 0.25) is 0 Å². The lowest BCUT2D eigenvalue weighted by atomic mass is 10.0. The number of allylic oxidation sites excluding steroid dienone is 5. The molecule has 2 unspecified atom stereocenters. The number of carbonyl (C=O) groups is 2. The van der Waals surface area contributed by atoms with E-state index in [1.165, 1.54) is 128 Å². The Kier molecular flexibility index (Phi) is 41.3. The zero-order chi connectivity index (χ0) is 38.7. The third-order valence-corrected chi connectivity index (χ3v) is 10.2. The average Bonchev–Trinajstić information content (AvgIpc) is 3.16. The molecule has 0 aliphatic rings. The topological polar surface area (TPSA) is 95.9 Å². The van der Waals surface area contributed by atoms with E-state index in [1.807, 2.05) is 6.08 Å². The Bertz CT molecular complexity index is 869. The Morgan fingerprint density at radius 2 is 0.962 bits per heavy atom. The van der Waals surface area contributed by atoms with Gasteiger partial charge in [0, 0.05) is 12.8 Å². The van der Waals surface area contributed by atoms with Crippen LogP contribution < -0.4 is 5.32 Å². The summed E-state index contributed by atoms with van der Waals surface area (Å²) < 4.78 is 5.44. The van der Waals surface area contributed by atoms with E-state index in [2.05, 4.69) is 43.5 Å². The zero-order valence-electron chi connectivity index (χ0n) is 35.0. The van der Waals surface area contributed by atoms with E-state index in [4.69, 9.17) is 4.74 Å². The van der Waals surface area contributed by atoms with Crippen molar-refractivity contribution in [3.8, 4) is 0 Å². The van der Waals surface area contributed by atoms with Crippen molar-refractivity contribution in [2.45, 2.75) is 238 Å². The molecule has 310 valence electrons. The molecule has 0 aromatic rings. The number of aliphatic hydroxyl groups is 2. The van der Waals surface area contributed by atoms with Crippen LogP contribution in [0.5, 0.6) is 0 Å². The van der Waals surface area contributed by atoms with Gasteiger partial charge in [-0.25, -0.2) is 0 Å². The van der Waals surface area contributed by atoms with Gasteiger partial charge < -0.3 is 20.3 Å². The van der Waals surface area contributed by atoms with Gasteiger partial charge in [-0.2, -0.15) is 0 Å². The molecule has 0 spiro atoms. The molecule has 3 N–H and O–H groups in total. The minimum Gasteiger partial charge on any atom is -0.466 e. The Morgan fingerprint density at radius 1 is 0.528 bits per heavy atom. The number of hydrogen-bond donors (Lipinski definition) is 3. The van der Waals surface area contributed by atoms with Crippen LogP contribution in [0, 0.1) is 0 Å². The molecule has 0 fully saturated rings. The Morgan fingerprint density at radius 3 is 1.49 bits per heavy atom. The summed E-state index contributed by atoms with van der Waals surface area (Å²) >= 11 is 0. The third kappa shape index (κ3) is 39.6. The molecule has 0 radical (unpaired) electrons. The molecular weight excluding hydrogens is 659 g/mol. The number of aliphatic hydroxyl groups excluding tert-OH is 2. The first-order valence-corrected chi connectivity index (χ1v) is 22.8. The fourth-order valence-corrected chi connectivity index (χ4v) is 6.59. The Labute approximate surface area is 328 Å². The monoisotopic (exact) mass is 746 g/mol. The SMILES string of the molecule is CCCC/C=C\C/C=C\CCCCCCCC(=O)OCCCCCCCCCCCCCCC(=O)NC(CO)C(O)/C=C/CCCCCCCCCC. The van der Waals surface area contributed by atoms with Crippen molar-refractivity contribution in [2.75, 3.05) is 13.2 Å². The van der Waals surface area contributed by atoms with E-state index in [-0.39, 0.29) is 18.5 Å². The van der Waals surface area contributed by atoms with Gasteiger partial charge >= 0.3 is 5.97 Å². The molecule has 0 aliphatic heterocycles. The Hall–Kier alpha value is -1.92. The van der Waals surface area contributed by atoms with Gasteiger partial charge in [0.2, 0.25) is 5.91 Å². The lowest BCUT2D eigenvalue weighted by Gasteiger charge is -2.20. The largest absolute Gasteiger partial charge is 0.466 e. The first-order valence-electron chi connectivity index (χ1n) is 22.8. The Balaban J connectivity index is 3.50. The first-order chi connectivity index (χ1) is 26.0. The average molecular weight is 746 g/mol. The predicted octanol–water partition coefficient (Wildman–Crippen LogP) is 12.9. The van der Waals surface area contributed by atoms with Crippen molar-refractivity contribution in [3.63, 3.8) is 0 Å². The second-order valence-electron chi connectivity index (χ2n) is 15.4. The number of nitrogens with one attached hydrogen (secondary N) is 1. The molecule has 1 amide bonds. The number of esters is 1. The highest BCUT2D eigenvalue weighted by Gasteiger charge is 2.18. The molecule has 0 aliphatic carbocycles. The summed E-state index contributed by atoms with van der Waals surface area (Å²) in [5, 5.41) is 22.9. The summed E-state index contributed by atoms with van der Waals surface area (Å²) in [4.78, 5) is 24.3. The fraction of sp³-hybridized carbons (Fsp3) is 0.830. The normalized spacial score (nSPS) is 13.1. The third-order valence-electron chi connectivity index (χ3n) is 10.2. The van der Waals surface area contributed by atoms with Crippen molar-refractivity contribution in [1.82, 2.24) is 5.32 Å². The van der Waals surface area contributed by atoms with Gasteiger partial charge in [-0.15, -0.1) is 0 Å². The zero-order valence-corrected chi connectivity index (χ0v) is 35.0. The van der Waals surface area contributed by atoms with Gasteiger partial charge in [-0.1, -0.05) is 192 Å². The quantitative estimate of drug-likeness (QED) is 0.0329. The van der Waals surface area contributed by atoms with Gasteiger partial charge in [0.05, 0.1) is 25.4 Å². The van der Waals surface area contributed by atoms with Gasteiger partial charge in [0.1, 0.15) is 0 Å². The number of carbonyl (C=O) groups excluding carboxylic acids is 2. The summed E-state index contributed by atoms with van der Waals surface area (Å²) in [5.74, 6) is -0.115. The lowest BCUT2D eigenvalue weighted by Crippen LogP contribution is -2.45. The minimum absolute atomic E-state index is 0.0268. The molecule has 0 saturated heterocycles. The van der Waals surface area contributed by atoms with Crippen LogP contribution >= 0.6 is 0 Å². The van der Waals surface area contributed by atoms with E-state index < -0.39 is 12.1 Å². The number of unbranched alkanes of at least 4 members (excludes halogenated alkanes) is 26. The van der Waals surface area contributed by atoms with Crippen LogP contribution in [-0.4, -0.2) is 47.4 Å². The maximum absolute atomic E-state index is 12.3. The molecule has 2 atom stereocenters. The molecular formula is C47H87NO5. The highest BCUT2D eigenvalue weighted by Crippen LogP contribution is 2.14. The fourth-order valence-electron chi connectivity index (χ4n) is 6.59. The standard InChI is InChI=1S/C47H87NO5/c1-3-5-7-9-11-13-15-16-17-21-25-29-33-37-41-47(52)53-42-38-34-30-26-22-19-18-20-24-28-32-36-40-46(51)48-44(43-49)45(50)39-35-31-27-23-14-12-10-8-6-4-2/h9,11,15-16,35,39,44-45,49-50H,3-8,10,12-14,17-34,36-38,40-43H2,1-2H3,(H,48,51)/b11-9-,16-15-,39-35+. The first kappa shape index (κ1) is 51.1. The van der Waals surface area contributed by atoms with Gasteiger partial charge in [0.25, 0.3) is 0 Å². The van der Waals surface area contributed by atoms with Crippen LogP contribution in [0.25, 0.3) is 0 Å². The highest BCUT2D eigenvalue weighted by atomic mass is 16.5. The highest BCUT2D eigenvalue weighted by molar-refractivity contribution is 5.76. The van der Waals surface area contributed by atoms with Gasteiger partial charge in [-0.3, -0.25) is 9.59 Å². The molecule has 53 heavy (non-hydrogen) atoms. The van der Waals surface area contributed by atoms with E-state index in [1.54, 1.807) is 6.08 Å². The molecule has 0 aromatic heterocycles. The maximum atomic E-state index is 12.3. The van der Waals surface area contributed by atoms with Crippen molar-refractivity contribution >= 4 is 11.9 Å². The van der Waals surface area contributed by atoms with Crippen LogP contribution in [0.1, 0.15) is 226 Å². The molecule has 6 heteroatoms. The predicted molar refractivity (Wildman–Crippen MR) is 227 cm³/mol. The lowest BCUT2D eigenvalue weighted by molar-refractivity contribution is -0.143. The van der Waals surface area contributed by atoms with E-state index in [0.717, 1.165) is 70.6 Å². The maximum Gasteiger partial charge on any atom is 0.305 e.